The van der Waals surface area contributed by atoms with Crippen molar-refractivity contribution in [2.75, 3.05) is 0 Å². The third-order valence-corrected chi connectivity index (χ3v) is 8.08. The maximum atomic E-state index is 6.03. The van der Waals surface area contributed by atoms with Gasteiger partial charge in [0.25, 0.3) is 0 Å². The number of aryl methyl sites for hydroxylation is 4. The Bertz CT molecular complexity index is 2040. The number of thiophene rings is 1. The van der Waals surface area contributed by atoms with Crippen LogP contribution >= 0.6 is 11.3 Å². The van der Waals surface area contributed by atoms with E-state index in [1.54, 1.807) is 11.3 Å². The van der Waals surface area contributed by atoms with Gasteiger partial charge in [-0.1, -0.05) is 41.6 Å². The summed E-state index contributed by atoms with van der Waals surface area (Å²) in [7, 11) is 4.05. The largest absolute Gasteiger partial charge is 3.00 e. The molecule has 0 N–H and O–H groups in total. The van der Waals surface area contributed by atoms with E-state index in [2.05, 4.69) is 105 Å². The summed E-state index contributed by atoms with van der Waals surface area (Å²) >= 11 is 1.71. The van der Waals surface area contributed by atoms with Crippen molar-refractivity contribution in [2.45, 2.75) is 27.7 Å². The fourth-order valence-electron chi connectivity index (χ4n) is 4.91. The van der Waals surface area contributed by atoms with E-state index in [-0.39, 0.29) is 20.1 Å². The maximum Gasteiger partial charge on any atom is 3.00 e. The van der Waals surface area contributed by atoms with Gasteiger partial charge < -0.3 is 14.0 Å². The molecule has 0 aliphatic heterocycles. The molecule has 0 fully saturated rings. The van der Waals surface area contributed by atoms with Crippen molar-refractivity contribution in [3.63, 3.8) is 0 Å². The van der Waals surface area contributed by atoms with E-state index in [4.69, 9.17) is 4.42 Å². The van der Waals surface area contributed by atoms with Crippen molar-refractivity contribution in [1.82, 2.24) is 9.97 Å². The van der Waals surface area contributed by atoms with Gasteiger partial charge >= 0.3 is 20.1 Å². The first-order chi connectivity index (χ1) is 19.3. The molecule has 5 heterocycles. The molecule has 0 amide bonds. The van der Waals surface area contributed by atoms with Crippen molar-refractivity contribution in [3.05, 3.63) is 126 Å². The third kappa shape index (κ3) is 5.51. The van der Waals surface area contributed by atoms with Gasteiger partial charge in [-0.3, -0.25) is 0 Å². The normalized spacial score (nSPS) is 10.9. The summed E-state index contributed by atoms with van der Waals surface area (Å²) in [5, 5.41) is 5.31. The minimum atomic E-state index is 0. The number of aromatic nitrogens is 3. The second-order valence-electron chi connectivity index (χ2n) is 10.2. The molecule has 0 unspecified atom stereocenters. The van der Waals surface area contributed by atoms with Gasteiger partial charge in [-0.2, -0.15) is 18.6 Å². The number of nitrogens with zero attached hydrogens (tertiary/aromatic N) is 3. The predicted octanol–water partition coefficient (Wildman–Crippen LogP) is 8.75. The van der Waals surface area contributed by atoms with Gasteiger partial charge in [-0.15, -0.1) is 46.7 Å². The zero-order valence-electron chi connectivity index (χ0n) is 23.4. The summed E-state index contributed by atoms with van der Waals surface area (Å²) in [6.45, 7) is 12.4. The molecule has 0 radical (unpaired) electrons. The summed E-state index contributed by atoms with van der Waals surface area (Å²) < 4.78 is 9.17. The molecule has 0 aliphatic carbocycles. The first kappa shape index (κ1) is 28.6. The van der Waals surface area contributed by atoms with E-state index >= 15 is 0 Å². The molecule has 2 aromatic carbocycles. The second kappa shape index (κ2) is 11.5. The van der Waals surface area contributed by atoms with Gasteiger partial charge in [-0.05, 0) is 55.6 Å². The predicted molar refractivity (Wildman–Crippen MR) is 165 cm³/mol. The van der Waals surface area contributed by atoms with Crippen LogP contribution in [-0.2, 0) is 20.1 Å². The Morgan fingerprint density at radius 2 is 1.76 bits per heavy atom. The van der Waals surface area contributed by atoms with E-state index in [1.807, 2.05) is 35.9 Å². The van der Waals surface area contributed by atoms with Crippen molar-refractivity contribution < 1.29 is 29.1 Å². The fraction of sp³-hybridized carbons (Fsp3) is 0.114. The van der Waals surface area contributed by atoms with Crippen molar-refractivity contribution in [1.29, 1.82) is 0 Å². The number of hydrogen-bond acceptors (Lipinski definition) is 4. The molecule has 0 aliphatic rings. The molecule has 0 atom stereocenters. The first-order valence-electron chi connectivity index (χ1n) is 13.1. The molecule has 7 aromatic rings. The molecule has 5 aromatic heterocycles. The SMILES string of the molecule is Cc1ccc2c(n1)oc1c(-c3cc4sccc4cn3)[c-]ccc12.[CH2-]c1cc(C)ccc1-c1cc(C)c(C)c[n+]1[CH2-].[Ir+3]. The molecule has 0 saturated carbocycles. The Morgan fingerprint density at radius 3 is 2.56 bits per heavy atom. The molecule has 7 rings (SSSR count). The summed E-state index contributed by atoms with van der Waals surface area (Å²) in [6, 6.07) is 24.0. The number of benzene rings is 2. The zero-order valence-corrected chi connectivity index (χ0v) is 26.6. The molecule has 41 heavy (non-hydrogen) atoms. The first-order valence-corrected chi connectivity index (χ1v) is 14.0. The van der Waals surface area contributed by atoms with Crippen LogP contribution in [0.3, 0.4) is 0 Å². The van der Waals surface area contributed by atoms with Gasteiger partial charge in [0.1, 0.15) is 0 Å². The van der Waals surface area contributed by atoms with Crippen LogP contribution in [-0.4, -0.2) is 9.97 Å². The number of pyridine rings is 3. The molecule has 6 heteroatoms. The average Bonchev–Trinajstić information content (AvgIpc) is 3.55. The van der Waals surface area contributed by atoms with E-state index in [0.717, 1.165) is 55.5 Å². The Labute approximate surface area is 258 Å². The van der Waals surface area contributed by atoms with Gasteiger partial charge in [0.2, 0.25) is 5.71 Å². The Balaban J connectivity index is 0.000000169. The standard InChI is InChI=1S/C19H11N2OS.C16H18N.Ir/c1-11-5-6-14-13-3-2-4-15(18(13)22-19(14)21-11)16-9-17-12(10-20-16)7-8-23-17;1-11-6-7-15(13(3)8-11)16-9-12(2)14(4)10-17(16)5;/h2-3,5-10H,1H3;6-10H,3,5H2,1-2,4H3;/q2*-1;+3. The van der Waals surface area contributed by atoms with Crippen molar-refractivity contribution in [3.8, 4) is 22.5 Å². The zero-order chi connectivity index (χ0) is 28.0. The monoisotopic (exact) mass is 732 g/mol. The number of furan rings is 1. The van der Waals surface area contributed by atoms with Crippen LogP contribution in [0.25, 0.3) is 54.7 Å². The molecule has 204 valence electrons. The van der Waals surface area contributed by atoms with Crippen LogP contribution in [0.15, 0.2) is 82.9 Å². The van der Waals surface area contributed by atoms with Crippen LogP contribution in [0.1, 0.15) is 27.9 Å². The van der Waals surface area contributed by atoms with E-state index < -0.39 is 0 Å². The van der Waals surface area contributed by atoms with Crippen molar-refractivity contribution in [2.24, 2.45) is 0 Å². The molecule has 0 spiro atoms. The molecular weight excluding hydrogens is 703 g/mol. The number of hydrogen-bond donors (Lipinski definition) is 0. The maximum absolute atomic E-state index is 6.03. The third-order valence-electron chi connectivity index (χ3n) is 7.20. The summed E-state index contributed by atoms with van der Waals surface area (Å²) in [5.41, 5.74) is 11.2. The van der Waals surface area contributed by atoms with Crippen molar-refractivity contribution >= 4 is 43.5 Å². The Kier molecular flexibility index (Phi) is 8.01. The van der Waals surface area contributed by atoms with Gasteiger partial charge in [0.15, 0.2) is 0 Å². The minimum Gasteiger partial charge on any atom is -0.486 e. The second-order valence-corrected chi connectivity index (χ2v) is 11.1. The number of fused-ring (bicyclic) bond motifs is 4. The molecule has 0 saturated heterocycles. The van der Waals surface area contributed by atoms with Crippen LogP contribution in [0, 0.1) is 47.7 Å². The smallest absolute Gasteiger partial charge is 0.486 e. The Hall–Kier alpha value is -3.96. The Morgan fingerprint density at radius 1 is 0.927 bits per heavy atom. The van der Waals surface area contributed by atoms with E-state index in [9.17, 15) is 0 Å². The van der Waals surface area contributed by atoms with Crippen LogP contribution in [0.2, 0.25) is 0 Å². The fourth-order valence-corrected chi connectivity index (χ4v) is 5.71. The topological polar surface area (TPSA) is 42.8 Å². The average molecular weight is 732 g/mol. The van der Waals surface area contributed by atoms with Gasteiger partial charge in [-0.25, -0.2) is 4.98 Å². The van der Waals surface area contributed by atoms with Gasteiger partial charge in [0.05, 0.1) is 17.5 Å². The van der Waals surface area contributed by atoms with E-state index in [0.29, 0.717) is 5.71 Å². The van der Waals surface area contributed by atoms with Crippen LogP contribution in [0.5, 0.6) is 0 Å². The summed E-state index contributed by atoms with van der Waals surface area (Å²) in [6.07, 6.45) is 3.96. The number of rotatable bonds is 2. The van der Waals surface area contributed by atoms with Gasteiger partial charge in [0, 0.05) is 34.4 Å². The molecule has 4 nitrogen and oxygen atoms in total. The summed E-state index contributed by atoms with van der Waals surface area (Å²) in [4.78, 5) is 9.07. The molecule has 0 bridgehead atoms. The van der Waals surface area contributed by atoms with E-state index in [1.165, 1.54) is 21.4 Å². The minimum absolute atomic E-state index is 0. The molecular formula is C35H29IrN3OS+. The summed E-state index contributed by atoms with van der Waals surface area (Å²) in [5.74, 6) is 0. The van der Waals surface area contributed by atoms with Crippen LogP contribution in [0.4, 0.5) is 0 Å². The van der Waals surface area contributed by atoms with Crippen LogP contribution < -0.4 is 4.57 Å². The quantitative estimate of drug-likeness (QED) is 0.132.